The predicted molar refractivity (Wildman–Crippen MR) is 93.8 cm³/mol. The maximum atomic E-state index is 12.2. The molecule has 2 aliphatic rings. The summed E-state index contributed by atoms with van der Waals surface area (Å²) in [6, 6.07) is 0.653. The molecular weight excluding hydrogens is 302 g/mol. The van der Waals surface area contributed by atoms with Crippen molar-refractivity contribution >= 4 is 11.0 Å². The minimum Gasteiger partial charge on any atom is -0.309 e. The number of likely N-dealkylation sites (tertiary alicyclic amines) is 1. The number of aryl methyl sites for hydroxylation is 1. The van der Waals surface area contributed by atoms with Gasteiger partial charge in [-0.2, -0.15) is 5.10 Å². The van der Waals surface area contributed by atoms with Crippen molar-refractivity contribution in [2.45, 2.75) is 64.0 Å². The number of nitrogens with one attached hydrogen (secondary N) is 1. The topological polar surface area (TPSA) is 66.8 Å². The highest BCUT2D eigenvalue weighted by Gasteiger charge is 2.28. The number of H-pyrrole nitrogens is 1. The standard InChI is InChI=1S/C18H27N5O/c1-22-17-15(11-19-22)18(24)21-16(20-17)12-23-9-5-8-14(23)10-13-6-3-2-4-7-13/h11,13-14H,2-10,12H2,1H3,(H,20,21,24)/t14-/m0/s1. The number of aromatic amines is 1. The summed E-state index contributed by atoms with van der Waals surface area (Å²) in [6.45, 7) is 1.86. The average molecular weight is 329 g/mol. The van der Waals surface area contributed by atoms with Gasteiger partial charge in [-0.15, -0.1) is 0 Å². The molecule has 0 bridgehead atoms. The molecule has 1 N–H and O–H groups in total. The number of hydrogen-bond donors (Lipinski definition) is 1. The van der Waals surface area contributed by atoms with Gasteiger partial charge in [0.1, 0.15) is 11.2 Å². The van der Waals surface area contributed by atoms with E-state index < -0.39 is 0 Å². The molecule has 1 saturated heterocycles. The summed E-state index contributed by atoms with van der Waals surface area (Å²) >= 11 is 0. The van der Waals surface area contributed by atoms with Gasteiger partial charge in [-0.25, -0.2) is 4.98 Å². The van der Waals surface area contributed by atoms with Crippen molar-refractivity contribution in [1.29, 1.82) is 0 Å². The van der Waals surface area contributed by atoms with Crippen LogP contribution >= 0.6 is 0 Å². The van der Waals surface area contributed by atoms with Gasteiger partial charge in [0.15, 0.2) is 5.65 Å². The Hall–Kier alpha value is -1.69. The van der Waals surface area contributed by atoms with Crippen molar-refractivity contribution in [3.63, 3.8) is 0 Å². The molecular formula is C18H27N5O. The van der Waals surface area contributed by atoms with Gasteiger partial charge >= 0.3 is 0 Å². The normalized spacial score (nSPS) is 23.3. The van der Waals surface area contributed by atoms with Gasteiger partial charge in [0, 0.05) is 13.1 Å². The lowest BCUT2D eigenvalue weighted by Gasteiger charge is -2.29. The number of nitrogens with zero attached hydrogens (tertiary/aromatic N) is 4. The first-order valence-corrected chi connectivity index (χ1v) is 9.35. The Balaban J connectivity index is 1.49. The molecule has 2 aromatic heterocycles. The van der Waals surface area contributed by atoms with E-state index in [0.29, 0.717) is 17.1 Å². The minimum atomic E-state index is -0.0777. The maximum Gasteiger partial charge on any atom is 0.262 e. The molecule has 24 heavy (non-hydrogen) atoms. The van der Waals surface area contributed by atoms with Crippen LogP contribution in [0.2, 0.25) is 0 Å². The van der Waals surface area contributed by atoms with Crippen molar-refractivity contribution in [3.8, 4) is 0 Å². The summed E-state index contributed by atoms with van der Waals surface area (Å²) in [5.74, 6) is 1.67. The molecule has 0 radical (unpaired) electrons. The van der Waals surface area contributed by atoms with Crippen LogP contribution in [0.1, 0.15) is 57.2 Å². The van der Waals surface area contributed by atoms with Crippen molar-refractivity contribution in [1.82, 2.24) is 24.6 Å². The second-order valence-electron chi connectivity index (χ2n) is 7.52. The first-order valence-electron chi connectivity index (χ1n) is 9.35. The van der Waals surface area contributed by atoms with Crippen molar-refractivity contribution in [3.05, 3.63) is 22.4 Å². The van der Waals surface area contributed by atoms with Gasteiger partial charge in [0.2, 0.25) is 0 Å². The number of fused-ring (bicyclic) bond motifs is 1. The van der Waals surface area contributed by atoms with E-state index >= 15 is 0 Å². The van der Waals surface area contributed by atoms with Crippen LogP contribution < -0.4 is 5.56 Å². The predicted octanol–water partition coefficient (Wildman–Crippen LogP) is 2.59. The highest BCUT2D eigenvalue weighted by Crippen LogP contribution is 2.32. The number of hydrogen-bond acceptors (Lipinski definition) is 4. The van der Waals surface area contributed by atoms with E-state index in [9.17, 15) is 4.79 Å². The van der Waals surface area contributed by atoms with Gasteiger partial charge in [-0.3, -0.25) is 14.4 Å². The molecule has 1 atom stereocenters. The fraction of sp³-hybridized carbons (Fsp3) is 0.722. The molecule has 2 aromatic rings. The molecule has 130 valence electrons. The van der Waals surface area contributed by atoms with Gasteiger partial charge in [-0.05, 0) is 31.7 Å². The SMILES string of the molecule is Cn1ncc2c(=O)[nH]c(CN3CCC[C@H]3CC3CCCCC3)nc21. The smallest absolute Gasteiger partial charge is 0.262 e. The van der Waals surface area contributed by atoms with E-state index in [0.717, 1.165) is 24.8 Å². The van der Waals surface area contributed by atoms with E-state index in [4.69, 9.17) is 0 Å². The van der Waals surface area contributed by atoms with Gasteiger partial charge in [0.05, 0.1) is 12.7 Å². The Kier molecular flexibility index (Phi) is 4.39. The molecule has 3 heterocycles. The highest BCUT2D eigenvalue weighted by atomic mass is 16.1. The van der Waals surface area contributed by atoms with Crippen LogP contribution in [-0.4, -0.2) is 37.2 Å². The zero-order chi connectivity index (χ0) is 16.5. The Labute approximate surface area is 142 Å². The number of aromatic nitrogens is 4. The van der Waals surface area contributed by atoms with Gasteiger partial charge in [-0.1, -0.05) is 32.1 Å². The minimum absolute atomic E-state index is 0.0777. The molecule has 1 aliphatic heterocycles. The molecule has 1 aliphatic carbocycles. The summed E-state index contributed by atoms with van der Waals surface area (Å²) in [4.78, 5) is 22.3. The fourth-order valence-electron chi connectivity index (χ4n) is 4.52. The summed E-state index contributed by atoms with van der Waals surface area (Å²) in [6.07, 6.45) is 12.5. The third-order valence-corrected chi connectivity index (χ3v) is 5.83. The Bertz CT molecular complexity index is 758. The third-order valence-electron chi connectivity index (χ3n) is 5.83. The Morgan fingerprint density at radius 2 is 2.04 bits per heavy atom. The van der Waals surface area contributed by atoms with E-state index in [-0.39, 0.29) is 5.56 Å². The molecule has 0 aromatic carbocycles. The zero-order valence-electron chi connectivity index (χ0n) is 14.5. The van der Waals surface area contributed by atoms with E-state index in [1.807, 2.05) is 7.05 Å². The molecule has 2 fully saturated rings. The van der Waals surface area contributed by atoms with E-state index in [1.165, 1.54) is 51.4 Å². The second-order valence-corrected chi connectivity index (χ2v) is 7.52. The molecule has 0 spiro atoms. The van der Waals surface area contributed by atoms with E-state index in [2.05, 4.69) is 20.0 Å². The first kappa shape index (κ1) is 15.8. The lowest BCUT2D eigenvalue weighted by molar-refractivity contribution is 0.189. The van der Waals surface area contributed by atoms with Crippen molar-refractivity contribution in [2.24, 2.45) is 13.0 Å². The lowest BCUT2D eigenvalue weighted by Crippen LogP contribution is -2.32. The summed E-state index contributed by atoms with van der Waals surface area (Å²) < 4.78 is 1.68. The summed E-state index contributed by atoms with van der Waals surface area (Å²) in [5, 5.41) is 4.71. The molecule has 0 amide bonds. The maximum absolute atomic E-state index is 12.2. The highest BCUT2D eigenvalue weighted by molar-refractivity contribution is 5.72. The zero-order valence-corrected chi connectivity index (χ0v) is 14.5. The van der Waals surface area contributed by atoms with Crippen molar-refractivity contribution < 1.29 is 0 Å². The van der Waals surface area contributed by atoms with Gasteiger partial charge < -0.3 is 4.98 Å². The van der Waals surface area contributed by atoms with Crippen LogP contribution in [0, 0.1) is 5.92 Å². The van der Waals surface area contributed by atoms with Crippen LogP contribution in [0.15, 0.2) is 11.0 Å². The summed E-state index contributed by atoms with van der Waals surface area (Å²) in [5.41, 5.74) is 0.600. The lowest BCUT2D eigenvalue weighted by atomic mass is 9.84. The number of rotatable bonds is 4. The van der Waals surface area contributed by atoms with Crippen LogP contribution in [0.25, 0.3) is 11.0 Å². The molecule has 1 saturated carbocycles. The van der Waals surface area contributed by atoms with Gasteiger partial charge in [0.25, 0.3) is 5.56 Å². The average Bonchev–Trinajstić information content (AvgIpc) is 3.16. The molecule has 6 nitrogen and oxygen atoms in total. The van der Waals surface area contributed by atoms with Crippen LogP contribution in [0.3, 0.4) is 0 Å². The van der Waals surface area contributed by atoms with Crippen LogP contribution in [-0.2, 0) is 13.6 Å². The van der Waals surface area contributed by atoms with E-state index in [1.54, 1.807) is 10.9 Å². The Morgan fingerprint density at radius 3 is 2.88 bits per heavy atom. The fourth-order valence-corrected chi connectivity index (χ4v) is 4.52. The van der Waals surface area contributed by atoms with Crippen LogP contribution in [0.4, 0.5) is 0 Å². The second kappa shape index (κ2) is 6.67. The monoisotopic (exact) mass is 329 g/mol. The van der Waals surface area contributed by atoms with Crippen molar-refractivity contribution in [2.75, 3.05) is 6.54 Å². The molecule has 6 heteroatoms. The molecule has 0 unspecified atom stereocenters. The molecule has 4 rings (SSSR count). The summed E-state index contributed by atoms with van der Waals surface area (Å²) in [7, 11) is 1.83. The van der Waals surface area contributed by atoms with Crippen LogP contribution in [0.5, 0.6) is 0 Å². The largest absolute Gasteiger partial charge is 0.309 e. The Morgan fingerprint density at radius 1 is 1.21 bits per heavy atom. The third kappa shape index (κ3) is 3.11. The first-order chi connectivity index (χ1) is 11.7. The quantitative estimate of drug-likeness (QED) is 0.936.